The molecule has 1 fully saturated rings. The Hall–Kier alpha value is -0.590. The van der Waals surface area contributed by atoms with E-state index in [4.69, 9.17) is 0 Å². The lowest BCUT2D eigenvalue weighted by Crippen LogP contribution is -2.36. The summed E-state index contributed by atoms with van der Waals surface area (Å²) in [5, 5.41) is 1.02. The smallest absolute Gasteiger partial charge is 0.242 e. The molecule has 6 heteroatoms. The molecule has 0 spiro atoms. The Morgan fingerprint density at radius 3 is 2.50 bits per heavy atom. The number of hydrogen-bond donors (Lipinski definition) is 0. The number of rotatable bonds is 4. The van der Waals surface area contributed by atoms with Gasteiger partial charge in [0.15, 0.2) is 0 Å². The van der Waals surface area contributed by atoms with Crippen LogP contribution in [0.4, 0.5) is 5.69 Å². The van der Waals surface area contributed by atoms with Gasteiger partial charge in [-0.3, -0.25) is 0 Å². The zero-order valence-electron chi connectivity index (χ0n) is 11.9. The van der Waals surface area contributed by atoms with Crippen LogP contribution in [0.3, 0.4) is 0 Å². The number of halogens is 1. The van der Waals surface area contributed by atoms with Gasteiger partial charge in [-0.15, -0.1) is 0 Å². The normalized spacial score (nSPS) is 20.4. The lowest BCUT2D eigenvalue weighted by molar-refractivity contribution is 0.455. The van der Waals surface area contributed by atoms with Crippen LogP contribution in [0.5, 0.6) is 0 Å². The molecule has 1 aliphatic rings. The monoisotopic (exact) mass is 360 g/mol. The highest BCUT2D eigenvalue weighted by atomic mass is 79.9. The zero-order valence-corrected chi connectivity index (χ0v) is 14.3. The molecule has 0 aromatic heterocycles. The number of hydrogen-bond acceptors (Lipinski definition) is 3. The summed E-state index contributed by atoms with van der Waals surface area (Å²) < 4.78 is 25.3. The molecule has 20 heavy (non-hydrogen) atoms. The van der Waals surface area contributed by atoms with E-state index in [9.17, 15) is 8.42 Å². The number of benzene rings is 1. The lowest BCUT2D eigenvalue weighted by atomic mass is 10.00. The van der Waals surface area contributed by atoms with Gasteiger partial charge in [0.2, 0.25) is 10.0 Å². The van der Waals surface area contributed by atoms with Crippen molar-refractivity contribution in [1.29, 1.82) is 0 Å². The van der Waals surface area contributed by atoms with E-state index in [0.717, 1.165) is 24.1 Å². The van der Waals surface area contributed by atoms with Gasteiger partial charge in [-0.1, -0.05) is 15.9 Å². The molecule has 0 saturated carbocycles. The predicted molar refractivity (Wildman–Crippen MR) is 86.0 cm³/mol. The average molecular weight is 361 g/mol. The molecule has 0 radical (unpaired) electrons. The summed E-state index contributed by atoms with van der Waals surface area (Å²) in [5.74, 6) is 0.675. The minimum Gasteiger partial charge on any atom is -0.371 e. The molecular weight excluding hydrogens is 340 g/mol. The highest BCUT2D eigenvalue weighted by Gasteiger charge is 2.21. The molecule has 1 aromatic rings. The summed E-state index contributed by atoms with van der Waals surface area (Å²) in [6.07, 6.45) is 2.45. The van der Waals surface area contributed by atoms with Crippen LogP contribution in [0.1, 0.15) is 12.8 Å². The number of nitrogens with zero attached hydrogens (tertiary/aromatic N) is 2. The number of anilines is 1. The molecule has 1 atom stereocenters. The van der Waals surface area contributed by atoms with Crippen LogP contribution in [-0.2, 0) is 10.0 Å². The van der Waals surface area contributed by atoms with Gasteiger partial charge in [0, 0.05) is 38.2 Å². The Labute approximate surface area is 129 Å². The van der Waals surface area contributed by atoms with Crippen LogP contribution in [0, 0.1) is 5.92 Å². The van der Waals surface area contributed by atoms with Gasteiger partial charge < -0.3 is 4.90 Å². The molecule has 0 bridgehead atoms. The largest absolute Gasteiger partial charge is 0.371 e. The molecule has 1 unspecified atom stereocenters. The minimum atomic E-state index is -3.33. The van der Waals surface area contributed by atoms with E-state index in [1.807, 2.05) is 12.1 Å². The average Bonchev–Trinajstić information content (AvgIpc) is 2.47. The van der Waals surface area contributed by atoms with E-state index in [1.165, 1.54) is 17.1 Å². The van der Waals surface area contributed by atoms with Crippen molar-refractivity contribution in [2.24, 2.45) is 5.92 Å². The first-order valence-corrected chi connectivity index (χ1v) is 9.35. The first kappa shape index (κ1) is 15.8. The van der Waals surface area contributed by atoms with E-state index in [1.54, 1.807) is 26.2 Å². The van der Waals surface area contributed by atoms with Gasteiger partial charge in [0.1, 0.15) is 0 Å². The highest BCUT2D eigenvalue weighted by molar-refractivity contribution is 9.09. The van der Waals surface area contributed by atoms with Gasteiger partial charge in [0.05, 0.1) is 4.90 Å². The van der Waals surface area contributed by atoms with E-state index < -0.39 is 10.0 Å². The molecule has 4 nitrogen and oxygen atoms in total. The number of sulfonamides is 1. The molecule has 0 amide bonds. The van der Waals surface area contributed by atoms with Crippen molar-refractivity contribution in [2.45, 2.75) is 17.7 Å². The maximum absolute atomic E-state index is 12.0. The van der Waals surface area contributed by atoms with Crippen LogP contribution >= 0.6 is 15.9 Å². The van der Waals surface area contributed by atoms with Gasteiger partial charge in [0.25, 0.3) is 0 Å². The summed E-state index contributed by atoms with van der Waals surface area (Å²) in [6.45, 7) is 2.08. The molecule has 1 saturated heterocycles. The number of alkyl halides is 1. The van der Waals surface area contributed by atoms with Crippen molar-refractivity contribution in [3.63, 3.8) is 0 Å². The van der Waals surface area contributed by atoms with Gasteiger partial charge in [-0.25, -0.2) is 12.7 Å². The van der Waals surface area contributed by atoms with Gasteiger partial charge >= 0.3 is 0 Å². The third-order valence-electron chi connectivity index (χ3n) is 3.72. The van der Waals surface area contributed by atoms with Crippen LogP contribution in [0.15, 0.2) is 29.2 Å². The maximum Gasteiger partial charge on any atom is 0.242 e. The van der Waals surface area contributed by atoms with E-state index in [-0.39, 0.29) is 0 Å². The summed E-state index contributed by atoms with van der Waals surface area (Å²) in [7, 11) is -0.232. The van der Waals surface area contributed by atoms with E-state index >= 15 is 0 Å². The maximum atomic E-state index is 12.0. The summed E-state index contributed by atoms with van der Waals surface area (Å²) in [6, 6.07) is 7.21. The van der Waals surface area contributed by atoms with Crippen molar-refractivity contribution in [3.05, 3.63) is 24.3 Å². The van der Waals surface area contributed by atoms with Crippen LogP contribution < -0.4 is 4.90 Å². The fraction of sp³-hybridized carbons (Fsp3) is 0.571. The molecule has 1 aromatic carbocycles. The van der Waals surface area contributed by atoms with Crippen molar-refractivity contribution < 1.29 is 8.42 Å². The third kappa shape index (κ3) is 3.35. The zero-order chi connectivity index (χ0) is 14.8. The Bertz CT molecular complexity index is 543. The molecule has 1 heterocycles. The van der Waals surface area contributed by atoms with Crippen molar-refractivity contribution in [2.75, 3.05) is 37.4 Å². The van der Waals surface area contributed by atoms with Gasteiger partial charge in [-0.2, -0.15) is 0 Å². The molecule has 0 aliphatic carbocycles. The summed E-state index contributed by atoms with van der Waals surface area (Å²) >= 11 is 3.55. The first-order valence-electron chi connectivity index (χ1n) is 6.78. The summed E-state index contributed by atoms with van der Waals surface area (Å²) in [4.78, 5) is 2.68. The Morgan fingerprint density at radius 1 is 1.30 bits per heavy atom. The van der Waals surface area contributed by atoms with E-state index in [0.29, 0.717) is 10.8 Å². The second-order valence-corrected chi connectivity index (χ2v) is 8.19. The SMILES string of the molecule is CN(C)S(=O)(=O)c1ccc(N2CCCC(CBr)C2)cc1. The minimum absolute atomic E-state index is 0.348. The molecular formula is C14H21BrN2O2S. The molecule has 1 aliphatic heterocycles. The summed E-state index contributed by atoms with van der Waals surface area (Å²) in [5.41, 5.74) is 1.10. The topological polar surface area (TPSA) is 40.6 Å². The molecule has 2 rings (SSSR count). The Morgan fingerprint density at radius 2 is 1.95 bits per heavy atom. The lowest BCUT2D eigenvalue weighted by Gasteiger charge is -2.33. The Kier molecular flexibility index (Phi) is 5.09. The standard InChI is InChI=1S/C14H21BrN2O2S/c1-16(2)20(18,19)14-7-5-13(6-8-14)17-9-3-4-12(10-15)11-17/h5-8,12H,3-4,9-11H2,1-2H3. The van der Waals surface area contributed by atoms with Crippen molar-refractivity contribution >= 4 is 31.6 Å². The number of piperidine rings is 1. The molecule has 0 N–H and O–H groups in total. The Balaban J connectivity index is 2.16. The predicted octanol–water partition coefficient (Wildman–Crippen LogP) is 2.55. The second kappa shape index (κ2) is 6.45. The van der Waals surface area contributed by atoms with E-state index in [2.05, 4.69) is 20.8 Å². The first-order chi connectivity index (χ1) is 9.45. The van der Waals surface area contributed by atoms with Crippen molar-refractivity contribution in [1.82, 2.24) is 4.31 Å². The quantitative estimate of drug-likeness (QED) is 0.774. The van der Waals surface area contributed by atoms with Gasteiger partial charge in [-0.05, 0) is 43.0 Å². The van der Waals surface area contributed by atoms with Crippen LogP contribution in [0.25, 0.3) is 0 Å². The van der Waals surface area contributed by atoms with Crippen LogP contribution in [-0.4, -0.2) is 45.2 Å². The fourth-order valence-electron chi connectivity index (χ4n) is 2.47. The van der Waals surface area contributed by atoms with Crippen molar-refractivity contribution in [3.8, 4) is 0 Å². The molecule has 112 valence electrons. The van der Waals surface area contributed by atoms with Crippen LogP contribution in [0.2, 0.25) is 0 Å². The second-order valence-electron chi connectivity index (χ2n) is 5.39. The highest BCUT2D eigenvalue weighted by Crippen LogP contribution is 2.25. The third-order valence-corrected chi connectivity index (χ3v) is 6.46. The fourth-order valence-corrected chi connectivity index (χ4v) is 3.90.